The van der Waals surface area contributed by atoms with Crippen molar-refractivity contribution in [3.05, 3.63) is 0 Å². The van der Waals surface area contributed by atoms with Crippen LogP contribution >= 0.6 is 0 Å². The highest BCUT2D eigenvalue weighted by molar-refractivity contribution is 5.76. The van der Waals surface area contributed by atoms with Crippen LogP contribution in [0.1, 0.15) is 39.0 Å². The van der Waals surface area contributed by atoms with Gasteiger partial charge in [0.2, 0.25) is 5.91 Å². The number of carbonyl (C=O) groups is 1. The van der Waals surface area contributed by atoms with Gasteiger partial charge in [-0.05, 0) is 18.8 Å². The van der Waals surface area contributed by atoms with Crippen LogP contribution in [0, 0.1) is 5.92 Å². The molecule has 0 aromatic carbocycles. The van der Waals surface area contributed by atoms with Crippen LogP contribution in [0.3, 0.4) is 0 Å². The Labute approximate surface area is 86.6 Å². The first-order valence-corrected chi connectivity index (χ1v) is 5.75. The third kappa shape index (κ3) is 3.29. The summed E-state index contributed by atoms with van der Waals surface area (Å²) in [5, 5.41) is 0. The van der Waals surface area contributed by atoms with Crippen molar-refractivity contribution < 1.29 is 4.79 Å². The van der Waals surface area contributed by atoms with Crippen LogP contribution in [0.25, 0.3) is 0 Å². The number of likely N-dealkylation sites (tertiary alicyclic amines) is 1. The molecule has 82 valence electrons. The summed E-state index contributed by atoms with van der Waals surface area (Å²) in [5.74, 6) is 1.09. The van der Waals surface area contributed by atoms with Crippen molar-refractivity contribution in [2.75, 3.05) is 19.6 Å². The van der Waals surface area contributed by atoms with Crippen LogP contribution < -0.4 is 5.73 Å². The van der Waals surface area contributed by atoms with Gasteiger partial charge in [0.1, 0.15) is 0 Å². The number of nitrogens with two attached hydrogens (primary N) is 1. The molecule has 14 heavy (non-hydrogen) atoms. The summed E-state index contributed by atoms with van der Waals surface area (Å²) in [6.45, 7) is 4.60. The zero-order valence-corrected chi connectivity index (χ0v) is 9.17. The van der Waals surface area contributed by atoms with Crippen LogP contribution in [0.5, 0.6) is 0 Å². The number of carbonyl (C=O) groups excluding carboxylic acids is 1. The van der Waals surface area contributed by atoms with Gasteiger partial charge in [0, 0.05) is 26.1 Å². The van der Waals surface area contributed by atoms with Crippen molar-refractivity contribution >= 4 is 5.91 Å². The Hall–Kier alpha value is -0.570. The van der Waals surface area contributed by atoms with E-state index >= 15 is 0 Å². The first-order chi connectivity index (χ1) is 6.77. The Morgan fingerprint density at radius 3 is 2.57 bits per heavy atom. The minimum Gasteiger partial charge on any atom is -0.343 e. The smallest absolute Gasteiger partial charge is 0.223 e. The average Bonchev–Trinajstić information content (AvgIpc) is 2.20. The number of hydrogen-bond acceptors (Lipinski definition) is 2. The minimum atomic E-state index is 0.238. The summed E-state index contributed by atoms with van der Waals surface area (Å²) in [5.41, 5.74) is 5.36. The Bertz CT molecular complexity index is 174. The molecule has 3 nitrogen and oxygen atoms in total. The first-order valence-electron chi connectivity index (χ1n) is 5.75. The molecular formula is C11H22N2O. The van der Waals surface area contributed by atoms with Gasteiger partial charge in [-0.15, -0.1) is 0 Å². The maximum Gasteiger partial charge on any atom is 0.223 e. The SMILES string of the molecule is CCCC1CCN(C(=O)CCN)CC1. The molecule has 0 radical (unpaired) electrons. The molecule has 0 unspecified atom stereocenters. The molecule has 0 saturated carbocycles. The van der Waals surface area contributed by atoms with E-state index in [2.05, 4.69) is 6.92 Å². The zero-order chi connectivity index (χ0) is 10.4. The highest BCUT2D eigenvalue weighted by Gasteiger charge is 2.21. The van der Waals surface area contributed by atoms with E-state index in [-0.39, 0.29) is 5.91 Å². The second-order valence-corrected chi connectivity index (χ2v) is 4.15. The monoisotopic (exact) mass is 198 g/mol. The molecule has 1 amide bonds. The van der Waals surface area contributed by atoms with Gasteiger partial charge in [0.15, 0.2) is 0 Å². The van der Waals surface area contributed by atoms with Crippen molar-refractivity contribution in [1.29, 1.82) is 0 Å². The zero-order valence-electron chi connectivity index (χ0n) is 9.17. The van der Waals surface area contributed by atoms with E-state index in [1.807, 2.05) is 4.90 Å². The topological polar surface area (TPSA) is 46.3 Å². The molecule has 0 bridgehead atoms. The van der Waals surface area contributed by atoms with Gasteiger partial charge in [0.05, 0.1) is 0 Å². The molecule has 1 fully saturated rings. The van der Waals surface area contributed by atoms with E-state index in [1.54, 1.807) is 0 Å². The van der Waals surface area contributed by atoms with Crippen LogP contribution in [-0.2, 0) is 4.79 Å². The first kappa shape index (κ1) is 11.5. The quantitative estimate of drug-likeness (QED) is 0.741. The second kappa shape index (κ2) is 6.02. The van der Waals surface area contributed by atoms with Gasteiger partial charge in [-0.1, -0.05) is 19.8 Å². The van der Waals surface area contributed by atoms with Crippen LogP contribution in [0.4, 0.5) is 0 Å². The lowest BCUT2D eigenvalue weighted by atomic mass is 9.92. The number of amides is 1. The molecule has 1 aliphatic heterocycles. The van der Waals surface area contributed by atoms with E-state index in [0.717, 1.165) is 19.0 Å². The van der Waals surface area contributed by atoms with Gasteiger partial charge in [-0.25, -0.2) is 0 Å². The van der Waals surface area contributed by atoms with Crippen molar-refractivity contribution in [2.24, 2.45) is 11.7 Å². The third-order valence-electron chi connectivity index (χ3n) is 3.02. The van der Waals surface area contributed by atoms with Gasteiger partial charge >= 0.3 is 0 Å². The maximum absolute atomic E-state index is 11.5. The Morgan fingerprint density at radius 2 is 2.07 bits per heavy atom. The number of nitrogens with zero attached hydrogens (tertiary/aromatic N) is 1. The van der Waals surface area contributed by atoms with Crippen LogP contribution in [0.15, 0.2) is 0 Å². The molecule has 0 aliphatic carbocycles. The average molecular weight is 198 g/mol. The fraction of sp³-hybridized carbons (Fsp3) is 0.909. The molecule has 1 heterocycles. The summed E-state index contributed by atoms with van der Waals surface area (Å²) in [7, 11) is 0. The molecule has 0 atom stereocenters. The number of hydrogen-bond donors (Lipinski definition) is 1. The number of rotatable bonds is 4. The highest BCUT2D eigenvalue weighted by atomic mass is 16.2. The van der Waals surface area contributed by atoms with Crippen LogP contribution in [0.2, 0.25) is 0 Å². The normalized spacial score (nSPS) is 18.6. The van der Waals surface area contributed by atoms with E-state index in [9.17, 15) is 4.79 Å². The third-order valence-corrected chi connectivity index (χ3v) is 3.02. The fourth-order valence-corrected chi connectivity index (χ4v) is 2.16. The van der Waals surface area contributed by atoms with E-state index in [4.69, 9.17) is 5.73 Å². The standard InChI is InChI=1S/C11H22N2O/c1-2-3-10-5-8-13(9-6-10)11(14)4-7-12/h10H,2-9,12H2,1H3. The van der Waals surface area contributed by atoms with Crippen molar-refractivity contribution in [1.82, 2.24) is 4.90 Å². The molecule has 2 N–H and O–H groups in total. The Kier molecular flexibility index (Phi) is 4.94. The summed E-state index contributed by atoms with van der Waals surface area (Å²) < 4.78 is 0. The molecule has 0 aromatic rings. The minimum absolute atomic E-state index is 0.238. The lowest BCUT2D eigenvalue weighted by Crippen LogP contribution is -2.39. The van der Waals surface area contributed by atoms with Gasteiger partial charge in [-0.3, -0.25) is 4.79 Å². The van der Waals surface area contributed by atoms with Gasteiger partial charge in [-0.2, -0.15) is 0 Å². The lowest BCUT2D eigenvalue weighted by Gasteiger charge is -2.31. The predicted octanol–water partition coefficient (Wildman–Crippen LogP) is 1.37. The molecule has 3 heteroatoms. The van der Waals surface area contributed by atoms with E-state index < -0.39 is 0 Å². The molecule has 0 spiro atoms. The summed E-state index contributed by atoms with van der Waals surface area (Å²) in [6.07, 6.45) is 5.47. The van der Waals surface area contributed by atoms with E-state index in [1.165, 1.54) is 25.7 Å². The maximum atomic E-state index is 11.5. The van der Waals surface area contributed by atoms with Gasteiger partial charge in [0.25, 0.3) is 0 Å². The fourth-order valence-electron chi connectivity index (χ4n) is 2.16. The predicted molar refractivity (Wildman–Crippen MR) is 57.9 cm³/mol. The van der Waals surface area contributed by atoms with Crippen LogP contribution in [-0.4, -0.2) is 30.4 Å². The highest BCUT2D eigenvalue weighted by Crippen LogP contribution is 2.21. The summed E-state index contributed by atoms with van der Waals surface area (Å²) in [4.78, 5) is 13.5. The van der Waals surface area contributed by atoms with Crippen molar-refractivity contribution in [2.45, 2.75) is 39.0 Å². The number of piperidine rings is 1. The molecule has 1 saturated heterocycles. The molecule has 0 aromatic heterocycles. The Balaban J connectivity index is 2.24. The van der Waals surface area contributed by atoms with E-state index in [0.29, 0.717) is 13.0 Å². The van der Waals surface area contributed by atoms with Crippen molar-refractivity contribution in [3.63, 3.8) is 0 Å². The Morgan fingerprint density at radius 1 is 1.43 bits per heavy atom. The van der Waals surface area contributed by atoms with Gasteiger partial charge < -0.3 is 10.6 Å². The lowest BCUT2D eigenvalue weighted by molar-refractivity contribution is -0.132. The molecule has 1 aliphatic rings. The second-order valence-electron chi connectivity index (χ2n) is 4.15. The van der Waals surface area contributed by atoms with Crippen molar-refractivity contribution in [3.8, 4) is 0 Å². The summed E-state index contributed by atoms with van der Waals surface area (Å²) in [6, 6.07) is 0. The molecular weight excluding hydrogens is 176 g/mol. The summed E-state index contributed by atoms with van der Waals surface area (Å²) >= 11 is 0. The molecule has 1 rings (SSSR count). The largest absolute Gasteiger partial charge is 0.343 e.